The van der Waals surface area contributed by atoms with Crippen molar-refractivity contribution in [3.05, 3.63) is 54.6 Å². The molecule has 0 atom stereocenters. The van der Waals surface area contributed by atoms with Crippen LogP contribution >= 0.6 is 0 Å². The summed E-state index contributed by atoms with van der Waals surface area (Å²) in [6.07, 6.45) is 0. The van der Waals surface area contributed by atoms with Gasteiger partial charge < -0.3 is 15.3 Å². The normalized spacial score (nSPS) is 8.80. The third-order valence-electron chi connectivity index (χ3n) is 1.55. The number of phenols is 3. The van der Waals surface area contributed by atoms with E-state index in [0.29, 0.717) is 0 Å². The van der Waals surface area contributed by atoms with Gasteiger partial charge >= 0.3 is 0 Å². The molecular formula is C12H12O3. The number of aromatic hydroxyl groups is 3. The van der Waals surface area contributed by atoms with Crippen LogP contribution in [0.4, 0.5) is 0 Å². The van der Waals surface area contributed by atoms with Gasteiger partial charge in [-0.3, -0.25) is 0 Å². The molecule has 0 aliphatic carbocycles. The molecule has 0 spiro atoms. The van der Waals surface area contributed by atoms with Gasteiger partial charge in [-0.25, -0.2) is 0 Å². The molecule has 3 heteroatoms. The van der Waals surface area contributed by atoms with Gasteiger partial charge in [-0.2, -0.15) is 0 Å². The van der Waals surface area contributed by atoms with Gasteiger partial charge in [0.2, 0.25) is 0 Å². The van der Waals surface area contributed by atoms with Gasteiger partial charge in [0.05, 0.1) is 0 Å². The molecule has 0 radical (unpaired) electrons. The zero-order valence-electron chi connectivity index (χ0n) is 8.04. The third kappa shape index (κ3) is 4.57. The first-order chi connectivity index (χ1) is 7.18. The highest BCUT2D eigenvalue weighted by Gasteiger charge is 1.94. The van der Waals surface area contributed by atoms with E-state index in [1.807, 2.05) is 36.4 Å². The van der Waals surface area contributed by atoms with E-state index in [9.17, 15) is 0 Å². The number of rotatable bonds is 0. The van der Waals surface area contributed by atoms with Gasteiger partial charge in [0.25, 0.3) is 0 Å². The molecule has 3 N–H and O–H groups in total. The zero-order valence-corrected chi connectivity index (χ0v) is 8.04. The molecule has 2 aromatic rings. The molecule has 2 aromatic carbocycles. The lowest BCUT2D eigenvalue weighted by molar-refractivity contribution is 0.428. The Bertz CT molecular complexity index is 322. The predicted octanol–water partition coefficient (Wildman–Crippen LogP) is 2.49. The molecule has 0 heterocycles. The summed E-state index contributed by atoms with van der Waals surface area (Å²) in [6.45, 7) is 0. The second-order valence-electron chi connectivity index (χ2n) is 2.86. The van der Waals surface area contributed by atoms with Crippen LogP contribution in [0.15, 0.2) is 54.6 Å². The lowest BCUT2D eigenvalue weighted by Crippen LogP contribution is -1.66. The molecule has 0 aliphatic heterocycles. The van der Waals surface area contributed by atoms with Gasteiger partial charge in [0, 0.05) is 18.2 Å². The van der Waals surface area contributed by atoms with Crippen molar-refractivity contribution in [2.24, 2.45) is 0 Å². The Labute approximate surface area is 87.9 Å². The van der Waals surface area contributed by atoms with Crippen molar-refractivity contribution >= 4 is 0 Å². The number of hydrogen-bond acceptors (Lipinski definition) is 3. The largest absolute Gasteiger partial charge is 0.508 e. The lowest BCUT2D eigenvalue weighted by atomic mass is 10.3. The van der Waals surface area contributed by atoms with Crippen LogP contribution in [-0.2, 0) is 0 Å². The fourth-order valence-electron chi connectivity index (χ4n) is 0.964. The molecular weight excluding hydrogens is 192 g/mol. The van der Waals surface area contributed by atoms with Crippen molar-refractivity contribution in [2.75, 3.05) is 0 Å². The van der Waals surface area contributed by atoms with Crippen molar-refractivity contribution in [3.8, 4) is 17.2 Å². The Morgan fingerprint density at radius 2 is 0.667 bits per heavy atom. The van der Waals surface area contributed by atoms with E-state index < -0.39 is 0 Å². The molecule has 0 bridgehead atoms. The predicted molar refractivity (Wildman–Crippen MR) is 57.9 cm³/mol. The van der Waals surface area contributed by atoms with Gasteiger partial charge in [-0.15, -0.1) is 0 Å². The molecule has 0 saturated carbocycles. The van der Waals surface area contributed by atoms with E-state index >= 15 is 0 Å². The minimum atomic E-state index is -0.146. The first-order valence-electron chi connectivity index (χ1n) is 4.40. The van der Waals surface area contributed by atoms with Gasteiger partial charge in [0.1, 0.15) is 17.2 Å². The Morgan fingerprint density at radius 1 is 0.467 bits per heavy atom. The van der Waals surface area contributed by atoms with Crippen LogP contribution in [-0.4, -0.2) is 15.3 Å². The average molecular weight is 204 g/mol. The van der Waals surface area contributed by atoms with Crippen LogP contribution < -0.4 is 0 Å². The van der Waals surface area contributed by atoms with E-state index in [1.54, 1.807) is 0 Å². The quantitative estimate of drug-likeness (QED) is 0.617. The summed E-state index contributed by atoms with van der Waals surface area (Å²) in [7, 11) is 0. The lowest BCUT2D eigenvalue weighted by Gasteiger charge is -1.94. The molecule has 0 aliphatic rings. The average Bonchev–Trinajstić information content (AvgIpc) is 2.19. The van der Waals surface area contributed by atoms with Crippen molar-refractivity contribution in [3.63, 3.8) is 0 Å². The molecule has 0 aromatic heterocycles. The van der Waals surface area contributed by atoms with Gasteiger partial charge in [-0.05, 0) is 0 Å². The van der Waals surface area contributed by atoms with Gasteiger partial charge in [-0.1, -0.05) is 36.4 Å². The summed E-state index contributed by atoms with van der Waals surface area (Å²) >= 11 is 0. The summed E-state index contributed by atoms with van der Waals surface area (Å²) in [4.78, 5) is 0. The molecule has 0 amide bonds. The Balaban J connectivity index is 0.000000162. The highest BCUT2D eigenvalue weighted by atomic mass is 16.3. The van der Waals surface area contributed by atoms with E-state index in [0.717, 1.165) is 18.2 Å². The van der Waals surface area contributed by atoms with E-state index in [1.165, 1.54) is 0 Å². The first kappa shape index (κ1) is 10.9. The van der Waals surface area contributed by atoms with E-state index in [-0.39, 0.29) is 17.2 Å². The van der Waals surface area contributed by atoms with Crippen LogP contribution in [0, 0.1) is 0 Å². The minimum absolute atomic E-state index is 0.146. The van der Waals surface area contributed by atoms with Crippen molar-refractivity contribution in [2.45, 2.75) is 0 Å². The summed E-state index contributed by atoms with van der Waals surface area (Å²) in [5, 5.41) is 26.0. The number of benzene rings is 2. The summed E-state index contributed by atoms with van der Waals surface area (Å²) in [6, 6.07) is 15.4. The minimum Gasteiger partial charge on any atom is -0.508 e. The molecule has 0 unspecified atom stereocenters. The van der Waals surface area contributed by atoms with Gasteiger partial charge in [0.15, 0.2) is 0 Å². The zero-order chi connectivity index (χ0) is 11.1. The standard InChI is InChI=1S/C6H6O3.C6H6/c7-4-1-5(8)3-6(9)2-4;1-2-4-6-5-3-1/h1-3,7-9H;1-6H. The van der Waals surface area contributed by atoms with Crippen LogP contribution in [0.25, 0.3) is 0 Å². The maximum absolute atomic E-state index is 8.67. The maximum atomic E-state index is 8.67. The summed E-state index contributed by atoms with van der Waals surface area (Å²) in [5.41, 5.74) is 0. The monoisotopic (exact) mass is 204 g/mol. The molecule has 3 nitrogen and oxygen atoms in total. The fourth-order valence-corrected chi connectivity index (χ4v) is 0.964. The second kappa shape index (κ2) is 5.54. The topological polar surface area (TPSA) is 60.7 Å². The van der Waals surface area contributed by atoms with E-state index in [2.05, 4.69) is 0 Å². The highest BCUT2D eigenvalue weighted by Crippen LogP contribution is 2.23. The van der Waals surface area contributed by atoms with Crippen LogP contribution in [0.3, 0.4) is 0 Å². The molecule has 15 heavy (non-hydrogen) atoms. The van der Waals surface area contributed by atoms with E-state index in [4.69, 9.17) is 15.3 Å². The highest BCUT2D eigenvalue weighted by molar-refractivity contribution is 5.39. The maximum Gasteiger partial charge on any atom is 0.122 e. The Morgan fingerprint density at radius 3 is 0.867 bits per heavy atom. The molecule has 0 saturated heterocycles. The second-order valence-corrected chi connectivity index (χ2v) is 2.86. The molecule has 0 fully saturated rings. The van der Waals surface area contributed by atoms with Crippen LogP contribution in [0.2, 0.25) is 0 Å². The van der Waals surface area contributed by atoms with Crippen molar-refractivity contribution < 1.29 is 15.3 Å². The van der Waals surface area contributed by atoms with Crippen LogP contribution in [0.5, 0.6) is 17.2 Å². The summed E-state index contributed by atoms with van der Waals surface area (Å²) < 4.78 is 0. The van der Waals surface area contributed by atoms with Crippen LogP contribution in [0.1, 0.15) is 0 Å². The summed E-state index contributed by atoms with van der Waals surface area (Å²) in [5.74, 6) is -0.437. The first-order valence-corrected chi connectivity index (χ1v) is 4.40. The van der Waals surface area contributed by atoms with Crippen molar-refractivity contribution in [1.29, 1.82) is 0 Å². The Hall–Kier alpha value is -2.16. The fraction of sp³-hybridized carbons (Fsp3) is 0. The smallest absolute Gasteiger partial charge is 0.122 e. The SMILES string of the molecule is Oc1cc(O)cc(O)c1.c1ccccc1. The van der Waals surface area contributed by atoms with Crippen molar-refractivity contribution in [1.82, 2.24) is 0 Å². The number of phenolic OH excluding ortho intramolecular Hbond substituents is 3. The Kier molecular flexibility index (Phi) is 4.04. The molecule has 78 valence electrons. The molecule has 2 rings (SSSR count). The number of hydrogen-bond donors (Lipinski definition) is 3. The third-order valence-corrected chi connectivity index (χ3v) is 1.55.